The molecule has 6 nitrogen and oxygen atoms in total. The monoisotopic (exact) mass is 363 g/mol. The second kappa shape index (κ2) is 7.35. The van der Waals surface area contributed by atoms with E-state index in [9.17, 15) is 9.59 Å². The summed E-state index contributed by atoms with van der Waals surface area (Å²) < 4.78 is 5.39. The third kappa shape index (κ3) is 4.16. The number of rotatable bonds is 4. The maximum atomic E-state index is 12.5. The zero-order chi connectivity index (χ0) is 18.0. The maximum Gasteiger partial charge on any atom is 0.251 e. The van der Waals surface area contributed by atoms with E-state index in [-0.39, 0.29) is 22.6 Å². The van der Waals surface area contributed by atoms with Crippen LogP contribution in [0.5, 0.6) is 0 Å². The minimum atomic E-state index is -0.132. The second-order valence-electron chi connectivity index (χ2n) is 7.05. The van der Waals surface area contributed by atoms with Gasteiger partial charge in [0.2, 0.25) is 5.91 Å². The summed E-state index contributed by atoms with van der Waals surface area (Å²) in [6.07, 6.45) is 0. The summed E-state index contributed by atoms with van der Waals surface area (Å²) in [5, 5.41) is 5.78. The molecule has 1 saturated heterocycles. The number of carbonyl (C=O) groups is 2. The van der Waals surface area contributed by atoms with Gasteiger partial charge in [0.15, 0.2) is 0 Å². The third-order valence-corrected chi connectivity index (χ3v) is 5.90. The van der Waals surface area contributed by atoms with Crippen molar-refractivity contribution in [3.8, 4) is 0 Å². The van der Waals surface area contributed by atoms with Crippen molar-refractivity contribution in [2.75, 3.05) is 38.2 Å². The molecule has 2 N–H and O–H groups in total. The zero-order valence-corrected chi connectivity index (χ0v) is 15.7. The summed E-state index contributed by atoms with van der Waals surface area (Å²) in [5.74, 6) is -0.148. The van der Waals surface area contributed by atoms with Crippen molar-refractivity contribution in [1.29, 1.82) is 0 Å². The Hall–Kier alpha value is -1.57. The van der Waals surface area contributed by atoms with Crippen LogP contribution in [-0.2, 0) is 9.53 Å². The number of hydrogen-bond acceptors (Lipinski definition) is 5. The van der Waals surface area contributed by atoms with Gasteiger partial charge >= 0.3 is 0 Å². The van der Waals surface area contributed by atoms with E-state index >= 15 is 0 Å². The number of amides is 2. The average molecular weight is 363 g/mol. The fourth-order valence-electron chi connectivity index (χ4n) is 3.03. The number of nitrogens with zero attached hydrogens (tertiary/aromatic N) is 1. The Kier molecular flexibility index (Phi) is 5.36. The first-order valence-electron chi connectivity index (χ1n) is 8.59. The third-order valence-electron chi connectivity index (χ3n) is 4.72. The van der Waals surface area contributed by atoms with E-state index in [4.69, 9.17) is 4.74 Å². The molecule has 0 aromatic heterocycles. The van der Waals surface area contributed by atoms with Crippen LogP contribution in [-0.4, -0.2) is 60.4 Å². The molecule has 0 bridgehead atoms. The van der Waals surface area contributed by atoms with Gasteiger partial charge in [0.1, 0.15) is 0 Å². The van der Waals surface area contributed by atoms with E-state index in [0.29, 0.717) is 17.8 Å². The molecular formula is C18H25N3O3S. The van der Waals surface area contributed by atoms with E-state index in [1.807, 2.05) is 19.1 Å². The number of benzene rings is 1. The second-order valence-corrected chi connectivity index (χ2v) is 8.44. The first kappa shape index (κ1) is 18.2. The highest BCUT2D eigenvalue weighted by Crippen LogP contribution is 2.35. The van der Waals surface area contributed by atoms with Crippen molar-refractivity contribution in [1.82, 2.24) is 10.2 Å². The Labute approximate surface area is 152 Å². The number of nitrogens with one attached hydrogen (secondary N) is 2. The molecule has 2 aliphatic rings. The molecule has 1 unspecified atom stereocenters. The van der Waals surface area contributed by atoms with E-state index in [1.54, 1.807) is 6.07 Å². The number of hydrogen-bond donors (Lipinski definition) is 2. The molecule has 1 fully saturated rings. The van der Waals surface area contributed by atoms with Gasteiger partial charge in [-0.3, -0.25) is 14.5 Å². The molecule has 2 heterocycles. The van der Waals surface area contributed by atoms with Crippen molar-refractivity contribution >= 4 is 29.3 Å². The summed E-state index contributed by atoms with van der Waals surface area (Å²) in [6, 6.07) is 5.47. The highest BCUT2D eigenvalue weighted by Gasteiger charge is 2.29. The van der Waals surface area contributed by atoms with Crippen molar-refractivity contribution in [2.45, 2.75) is 36.5 Å². The summed E-state index contributed by atoms with van der Waals surface area (Å²) in [6.45, 7) is 9.91. The molecule has 1 aromatic rings. The lowest BCUT2D eigenvalue weighted by atomic mass is 10.0. The van der Waals surface area contributed by atoms with Crippen LogP contribution in [0.15, 0.2) is 23.1 Å². The number of fused-ring (bicyclic) bond motifs is 1. The van der Waals surface area contributed by atoms with Gasteiger partial charge in [-0.15, -0.1) is 11.8 Å². The predicted molar refractivity (Wildman–Crippen MR) is 99.2 cm³/mol. The van der Waals surface area contributed by atoms with Gasteiger partial charge in [0, 0.05) is 35.6 Å². The normalized spacial score (nSPS) is 21.4. The van der Waals surface area contributed by atoms with Gasteiger partial charge in [-0.05, 0) is 39.0 Å². The van der Waals surface area contributed by atoms with Crippen LogP contribution in [0, 0.1) is 0 Å². The van der Waals surface area contributed by atoms with Crippen molar-refractivity contribution in [3.63, 3.8) is 0 Å². The van der Waals surface area contributed by atoms with Crippen LogP contribution < -0.4 is 10.6 Å². The largest absolute Gasteiger partial charge is 0.379 e. The Morgan fingerprint density at radius 2 is 2.12 bits per heavy atom. The Morgan fingerprint density at radius 3 is 2.84 bits per heavy atom. The number of thioether (sulfide) groups is 1. The topological polar surface area (TPSA) is 70.7 Å². The number of ether oxygens (including phenoxy) is 1. The quantitative estimate of drug-likeness (QED) is 0.856. The molecule has 0 saturated carbocycles. The van der Waals surface area contributed by atoms with E-state index in [0.717, 1.165) is 31.2 Å². The lowest BCUT2D eigenvalue weighted by molar-refractivity contribution is -0.115. The van der Waals surface area contributed by atoms with Crippen LogP contribution >= 0.6 is 11.8 Å². The number of carbonyl (C=O) groups excluding carboxylic acids is 2. The van der Waals surface area contributed by atoms with Crippen LogP contribution in [0.3, 0.4) is 0 Å². The summed E-state index contributed by atoms with van der Waals surface area (Å²) in [7, 11) is 0. The molecular weight excluding hydrogens is 338 g/mol. The Morgan fingerprint density at radius 1 is 1.40 bits per heavy atom. The molecule has 2 aliphatic heterocycles. The van der Waals surface area contributed by atoms with E-state index < -0.39 is 0 Å². The van der Waals surface area contributed by atoms with E-state index in [1.165, 1.54) is 11.8 Å². The molecule has 7 heteroatoms. The molecule has 136 valence electrons. The minimum Gasteiger partial charge on any atom is -0.379 e. The summed E-state index contributed by atoms with van der Waals surface area (Å²) in [4.78, 5) is 27.7. The number of morpholine rings is 1. The van der Waals surface area contributed by atoms with Gasteiger partial charge in [0.25, 0.3) is 5.91 Å². The van der Waals surface area contributed by atoms with Crippen LogP contribution in [0.4, 0.5) is 5.69 Å². The van der Waals surface area contributed by atoms with Gasteiger partial charge in [0.05, 0.1) is 24.2 Å². The molecule has 2 amide bonds. The smallest absolute Gasteiger partial charge is 0.251 e. The highest BCUT2D eigenvalue weighted by molar-refractivity contribution is 8.00. The van der Waals surface area contributed by atoms with Gasteiger partial charge in [-0.1, -0.05) is 0 Å². The van der Waals surface area contributed by atoms with Crippen LogP contribution in [0.2, 0.25) is 0 Å². The van der Waals surface area contributed by atoms with Crippen LogP contribution in [0.25, 0.3) is 0 Å². The minimum absolute atomic E-state index is 0.0245. The molecule has 0 radical (unpaired) electrons. The fourth-order valence-corrected chi connectivity index (χ4v) is 3.96. The molecule has 0 aliphatic carbocycles. The molecule has 25 heavy (non-hydrogen) atoms. The van der Waals surface area contributed by atoms with Gasteiger partial charge in [-0.2, -0.15) is 0 Å². The standard InChI is InChI=1S/C18H25N3O3S/c1-12-16(22)20-14-10-13(4-5-15(14)25-12)17(23)19-11-18(2,3)21-6-8-24-9-7-21/h4-5,10,12H,6-9,11H2,1-3H3,(H,19,23)(H,20,22). The first-order chi connectivity index (χ1) is 11.9. The maximum absolute atomic E-state index is 12.5. The van der Waals surface area contributed by atoms with Gasteiger partial charge in [-0.25, -0.2) is 0 Å². The molecule has 1 atom stereocenters. The SMILES string of the molecule is CC1Sc2ccc(C(=O)NCC(C)(C)N3CCOCC3)cc2NC1=O. The fraction of sp³-hybridized carbons (Fsp3) is 0.556. The lowest BCUT2D eigenvalue weighted by Gasteiger charge is -2.40. The van der Waals surface area contributed by atoms with E-state index in [2.05, 4.69) is 29.4 Å². The first-order valence-corrected chi connectivity index (χ1v) is 9.47. The molecule has 0 spiro atoms. The van der Waals surface area contributed by atoms with Gasteiger partial charge < -0.3 is 15.4 Å². The predicted octanol–water partition coefficient (Wildman–Crippen LogP) is 1.96. The molecule has 1 aromatic carbocycles. The summed E-state index contributed by atoms with van der Waals surface area (Å²) in [5.41, 5.74) is 1.15. The Bertz CT molecular complexity index is 672. The zero-order valence-electron chi connectivity index (χ0n) is 14.9. The van der Waals surface area contributed by atoms with Crippen molar-refractivity contribution in [3.05, 3.63) is 23.8 Å². The molecule has 3 rings (SSSR count). The van der Waals surface area contributed by atoms with Crippen molar-refractivity contribution in [2.24, 2.45) is 0 Å². The van der Waals surface area contributed by atoms with Crippen molar-refractivity contribution < 1.29 is 14.3 Å². The van der Waals surface area contributed by atoms with Crippen LogP contribution in [0.1, 0.15) is 31.1 Å². The Balaban J connectivity index is 1.63. The lowest BCUT2D eigenvalue weighted by Crippen LogP contribution is -2.55. The average Bonchev–Trinajstić information content (AvgIpc) is 2.61. The summed E-state index contributed by atoms with van der Waals surface area (Å²) >= 11 is 1.51. The number of anilines is 1. The highest BCUT2D eigenvalue weighted by atomic mass is 32.2.